The van der Waals surface area contributed by atoms with Gasteiger partial charge in [-0.05, 0) is 55.2 Å². The van der Waals surface area contributed by atoms with Gasteiger partial charge in [0.2, 0.25) is 11.8 Å². The molecule has 2 aromatic rings. The van der Waals surface area contributed by atoms with Gasteiger partial charge in [0.1, 0.15) is 6.04 Å². The Labute approximate surface area is 231 Å². The number of likely N-dealkylation sites (tertiary alicyclic amines) is 2. The average molecular weight is 580 g/mol. The highest BCUT2D eigenvalue weighted by molar-refractivity contribution is 7.90. The van der Waals surface area contributed by atoms with Crippen LogP contribution in [0.2, 0.25) is 0 Å². The summed E-state index contributed by atoms with van der Waals surface area (Å²) in [5, 5.41) is 2.94. The minimum absolute atomic E-state index is 0.0102. The first-order valence-electron chi connectivity index (χ1n) is 13.0. The Bertz CT molecular complexity index is 1390. The molecule has 1 N–H and O–H groups in total. The number of carbonyl (C=O) groups is 3. The van der Waals surface area contributed by atoms with E-state index in [0.29, 0.717) is 31.4 Å². The summed E-state index contributed by atoms with van der Waals surface area (Å²) in [4.78, 5) is 42.6. The first-order chi connectivity index (χ1) is 18.7. The Balaban J connectivity index is 1.63. The molecule has 2 heterocycles. The Morgan fingerprint density at radius 1 is 1.10 bits per heavy atom. The van der Waals surface area contributed by atoms with Crippen LogP contribution in [0, 0.1) is 5.92 Å². The number of nitrogens with one attached hydrogen (secondary N) is 1. The molecule has 8 nitrogen and oxygen atoms in total. The van der Waals surface area contributed by atoms with Gasteiger partial charge in [0.25, 0.3) is 5.91 Å². The zero-order chi connectivity index (χ0) is 29.4. The minimum Gasteiger partial charge on any atom is -0.347 e. The number of hydrogen-bond donors (Lipinski definition) is 1. The van der Waals surface area contributed by atoms with E-state index in [0.717, 1.165) is 18.4 Å². The van der Waals surface area contributed by atoms with Crippen LogP contribution >= 0.6 is 0 Å². The van der Waals surface area contributed by atoms with Crippen LogP contribution in [-0.2, 0) is 25.6 Å². The molecule has 0 saturated carbocycles. The molecule has 4 rings (SSSR count). The van der Waals surface area contributed by atoms with Crippen LogP contribution in [-0.4, -0.2) is 67.9 Å². The summed E-state index contributed by atoms with van der Waals surface area (Å²) >= 11 is 0. The molecular weight excluding hydrogens is 547 g/mol. The van der Waals surface area contributed by atoms with Crippen molar-refractivity contribution in [3.8, 4) is 0 Å². The van der Waals surface area contributed by atoms with E-state index in [4.69, 9.17) is 0 Å². The van der Waals surface area contributed by atoms with Gasteiger partial charge >= 0.3 is 6.18 Å². The monoisotopic (exact) mass is 579 g/mol. The van der Waals surface area contributed by atoms with Crippen molar-refractivity contribution in [2.45, 2.75) is 61.8 Å². The maximum Gasteiger partial charge on any atom is 0.416 e. The number of hydrogen-bond acceptors (Lipinski definition) is 5. The molecule has 0 spiro atoms. The van der Waals surface area contributed by atoms with Crippen molar-refractivity contribution in [3.05, 3.63) is 65.2 Å². The van der Waals surface area contributed by atoms with Crippen molar-refractivity contribution in [3.63, 3.8) is 0 Å². The third-order valence-electron chi connectivity index (χ3n) is 7.76. The van der Waals surface area contributed by atoms with E-state index in [1.54, 1.807) is 7.05 Å². The fourth-order valence-electron chi connectivity index (χ4n) is 5.58. The molecule has 2 aliphatic heterocycles. The molecule has 0 aromatic heterocycles. The first-order valence-corrected chi connectivity index (χ1v) is 14.9. The summed E-state index contributed by atoms with van der Waals surface area (Å²) in [5.74, 6) is -1.46. The molecule has 0 bridgehead atoms. The van der Waals surface area contributed by atoms with Gasteiger partial charge in [0.05, 0.1) is 16.5 Å². The Hall–Kier alpha value is -3.41. The fraction of sp³-hybridized carbons (Fsp3) is 0.464. The highest BCUT2D eigenvalue weighted by Gasteiger charge is 2.43. The number of sulfone groups is 1. The number of halogens is 3. The summed E-state index contributed by atoms with van der Waals surface area (Å²) in [6, 6.07) is 8.29. The minimum atomic E-state index is -4.52. The van der Waals surface area contributed by atoms with E-state index in [9.17, 15) is 36.0 Å². The fourth-order valence-corrected chi connectivity index (χ4v) is 6.25. The highest BCUT2D eigenvalue weighted by atomic mass is 32.2. The standard InChI is InChI=1S/C28H32F3N3O5S/c1-4-21-12-13-23(34(21)27(37)18-6-5-7-22(14-18)40(3,38)39)26(36)32-25(19-15-24(35)33(2)16-19)17-8-10-20(11-9-17)28(29,30)31/h5-11,14,19,21,23,25H,4,12-13,15-16H2,1-3H3,(H,32,36)/t19?,21-,23-,25?/m1/s1. The molecule has 0 radical (unpaired) electrons. The maximum absolute atomic E-state index is 13.7. The van der Waals surface area contributed by atoms with Crippen molar-refractivity contribution in [2.75, 3.05) is 19.8 Å². The lowest BCUT2D eigenvalue weighted by molar-refractivity contribution is -0.137. The Morgan fingerprint density at radius 3 is 2.33 bits per heavy atom. The second-order valence-electron chi connectivity index (χ2n) is 10.5. The normalized spacial score (nSPS) is 22.4. The predicted octanol–water partition coefficient (Wildman–Crippen LogP) is 3.83. The van der Waals surface area contributed by atoms with E-state index in [-0.39, 0.29) is 34.7 Å². The van der Waals surface area contributed by atoms with Crippen LogP contribution in [0.15, 0.2) is 53.4 Å². The van der Waals surface area contributed by atoms with Gasteiger partial charge in [-0.2, -0.15) is 13.2 Å². The summed E-state index contributed by atoms with van der Waals surface area (Å²) in [6.45, 7) is 2.21. The van der Waals surface area contributed by atoms with Gasteiger partial charge in [-0.15, -0.1) is 0 Å². The first kappa shape index (κ1) is 29.6. The Kier molecular flexibility index (Phi) is 8.30. The zero-order valence-electron chi connectivity index (χ0n) is 22.4. The van der Waals surface area contributed by atoms with E-state index >= 15 is 0 Å². The van der Waals surface area contributed by atoms with Crippen LogP contribution < -0.4 is 5.32 Å². The molecule has 2 unspecified atom stereocenters. The second-order valence-corrected chi connectivity index (χ2v) is 12.5. The van der Waals surface area contributed by atoms with Crippen LogP contribution in [0.5, 0.6) is 0 Å². The van der Waals surface area contributed by atoms with E-state index in [1.165, 1.54) is 46.2 Å². The van der Waals surface area contributed by atoms with Crippen molar-refractivity contribution in [2.24, 2.45) is 5.92 Å². The number of carbonyl (C=O) groups excluding carboxylic acids is 3. The third-order valence-corrected chi connectivity index (χ3v) is 8.87. The number of amides is 3. The number of rotatable bonds is 7. The SMILES string of the molecule is CC[C@@H]1CC[C@H](C(=O)NC(c2ccc(C(F)(F)F)cc2)C2CC(=O)N(C)C2)N1C(=O)c1cccc(S(C)(=O)=O)c1. The molecule has 2 aromatic carbocycles. The highest BCUT2D eigenvalue weighted by Crippen LogP contribution is 2.35. The lowest BCUT2D eigenvalue weighted by atomic mass is 9.91. The Morgan fingerprint density at radius 2 is 1.77 bits per heavy atom. The van der Waals surface area contributed by atoms with Gasteiger partial charge in [-0.1, -0.05) is 25.1 Å². The van der Waals surface area contributed by atoms with Crippen molar-refractivity contribution >= 4 is 27.6 Å². The molecule has 4 atom stereocenters. The van der Waals surface area contributed by atoms with Gasteiger partial charge in [-0.3, -0.25) is 14.4 Å². The molecule has 2 saturated heterocycles. The summed E-state index contributed by atoms with van der Waals surface area (Å²) in [7, 11) is -1.93. The molecule has 3 amide bonds. The van der Waals surface area contributed by atoms with Crippen LogP contribution in [0.3, 0.4) is 0 Å². The molecule has 2 fully saturated rings. The predicted molar refractivity (Wildman–Crippen MR) is 141 cm³/mol. The summed E-state index contributed by atoms with van der Waals surface area (Å²) in [5.41, 5.74) is -0.253. The lowest BCUT2D eigenvalue weighted by Gasteiger charge is -2.32. The van der Waals surface area contributed by atoms with Crippen molar-refractivity contribution < 1.29 is 36.0 Å². The van der Waals surface area contributed by atoms with Gasteiger partial charge in [0.15, 0.2) is 9.84 Å². The van der Waals surface area contributed by atoms with Crippen LogP contribution in [0.4, 0.5) is 13.2 Å². The molecule has 12 heteroatoms. The summed E-state index contributed by atoms with van der Waals surface area (Å²) < 4.78 is 63.6. The molecule has 2 aliphatic rings. The third kappa shape index (κ3) is 6.16. The maximum atomic E-state index is 13.7. The van der Waals surface area contributed by atoms with Crippen molar-refractivity contribution in [1.29, 1.82) is 0 Å². The molecule has 216 valence electrons. The molecule has 40 heavy (non-hydrogen) atoms. The molecule has 0 aliphatic carbocycles. The van der Waals surface area contributed by atoms with Gasteiger partial charge in [0, 0.05) is 43.8 Å². The van der Waals surface area contributed by atoms with E-state index < -0.39 is 45.5 Å². The quantitative estimate of drug-likeness (QED) is 0.537. The smallest absolute Gasteiger partial charge is 0.347 e. The summed E-state index contributed by atoms with van der Waals surface area (Å²) in [6.07, 6.45) is -1.86. The van der Waals surface area contributed by atoms with Crippen molar-refractivity contribution in [1.82, 2.24) is 15.1 Å². The van der Waals surface area contributed by atoms with Crippen LogP contribution in [0.25, 0.3) is 0 Å². The average Bonchev–Trinajstić information content (AvgIpc) is 3.48. The van der Waals surface area contributed by atoms with Gasteiger partial charge in [-0.25, -0.2) is 8.42 Å². The zero-order valence-corrected chi connectivity index (χ0v) is 23.3. The van der Waals surface area contributed by atoms with E-state index in [1.807, 2.05) is 6.92 Å². The van der Waals surface area contributed by atoms with Crippen LogP contribution in [0.1, 0.15) is 60.1 Å². The topological polar surface area (TPSA) is 104 Å². The largest absolute Gasteiger partial charge is 0.416 e. The van der Waals surface area contributed by atoms with E-state index in [2.05, 4.69) is 5.32 Å². The molecular formula is C28H32F3N3O5S. The number of benzene rings is 2. The number of alkyl halides is 3. The number of nitrogens with zero attached hydrogens (tertiary/aromatic N) is 2. The second kappa shape index (κ2) is 11.2. The lowest BCUT2D eigenvalue weighted by Crippen LogP contribution is -2.50. The van der Waals surface area contributed by atoms with Gasteiger partial charge < -0.3 is 15.1 Å².